The van der Waals surface area contributed by atoms with Crippen LogP contribution in [-0.4, -0.2) is 30.4 Å². The number of rotatable bonds is 5. The number of fused-ring (bicyclic) bond motifs is 1. The van der Waals surface area contributed by atoms with Crippen LogP contribution in [0.3, 0.4) is 0 Å². The van der Waals surface area contributed by atoms with Crippen molar-refractivity contribution in [2.75, 3.05) is 6.79 Å². The first kappa shape index (κ1) is 23.6. The SMILES string of the molecule is CC1=NC2=C(C(=O)CC(c3ccc4c(c3)OCO4)C2)C(c2cccc(N=O)c2)C1C(=O)OC1CCCC1. The maximum absolute atomic E-state index is 13.8. The first-order valence-electron chi connectivity index (χ1n) is 12.9. The molecule has 190 valence electrons. The van der Waals surface area contributed by atoms with E-state index in [9.17, 15) is 14.5 Å². The molecule has 2 aliphatic heterocycles. The summed E-state index contributed by atoms with van der Waals surface area (Å²) in [6, 6.07) is 12.6. The van der Waals surface area contributed by atoms with E-state index in [0.717, 1.165) is 31.2 Å². The second-order valence-electron chi connectivity index (χ2n) is 10.2. The molecule has 0 bridgehead atoms. The van der Waals surface area contributed by atoms with Crippen LogP contribution in [0.2, 0.25) is 0 Å². The zero-order chi connectivity index (χ0) is 25.5. The minimum absolute atomic E-state index is 0.0479. The lowest BCUT2D eigenvalue weighted by Gasteiger charge is -2.37. The number of carbonyl (C=O) groups excluding carboxylic acids is 2. The van der Waals surface area contributed by atoms with Crippen molar-refractivity contribution < 1.29 is 23.8 Å². The zero-order valence-electron chi connectivity index (χ0n) is 20.6. The summed E-state index contributed by atoms with van der Waals surface area (Å²) in [6.07, 6.45) is 4.55. The molecule has 6 rings (SSSR count). The van der Waals surface area contributed by atoms with Gasteiger partial charge in [0.25, 0.3) is 0 Å². The predicted molar refractivity (Wildman–Crippen MR) is 136 cm³/mol. The molecule has 2 aromatic carbocycles. The van der Waals surface area contributed by atoms with Gasteiger partial charge in [-0.25, -0.2) is 0 Å². The summed E-state index contributed by atoms with van der Waals surface area (Å²) in [6.45, 7) is 2.02. The van der Waals surface area contributed by atoms with Crippen LogP contribution < -0.4 is 9.47 Å². The van der Waals surface area contributed by atoms with Gasteiger partial charge in [-0.05, 0) is 85.5 Å². The average Bonchev–Trinajstić information content (AvgIpc) is 3.59. The molecule has 0 saturated heterocycles. The van der Waals surface area contributed by atoms with Crippen molar-refractivity contribution in [3.05, 3.63) is 69.8 Å². The Morgan fingerprint density at radius 1 is 1.03 bits per heavy atom. The van der Waals surface area contributed by atoms with Crippen molar-refractivity contribution in [3.63, 3.8) is 0 Å². The van der Waals surface area contributed by atoms with Crippen molar-refractivity contribution in [2.45, 2.75) is 63.4 Å². The molecule has 0 spiro atoms. The number of nitrogens with zero attached hydrogens (tertiary/aromatic N) is 2. The second-order valence-corrected chi connectivity index (χ2v) is 10.2. The van der Waals surface area contributed by atoms with Gasteiger partial charge >= 0.3 is 5.97 Å². The second kappa shape index (κ2) is 9.57. The highest BCUT2D eigenvalue weighted by Gasteiger charge is 2.45. The molecule has 0 aromatic heterocycles. The van der Waals surface area contributed by atoms with Crippen molar-refractivity contribution in [2.24, 2.45) is 16.1 Å². The van der Waals surface area contributed by atoms with Gasteiger partial charge in [-0.3, -0.25) is 14.6 Å². The standard InChI is InChI=1S/C29H28N2O6/c1-16-26(29(33)37-21-7-2-3-8-21)27(18-5-4-6-20(11-18)31-34)28-22(30-16)12-19(13-23(28)32)17-9-10-24-25(14-17)36-15-35-24/h4-6,9-11,14,19,21,26-27H,2-3,7-8,12-13,15H2,1H3. The summed E-state index contributed by atoms with van der Waals surface area (Å²) in [4.78, 5) is 43.5. The van der Waals surface area contributed by atoms with E-state index < -0.39 is 11.8 Å². The van der Waals surface area contributed by atoms with Crippen LogP contribution >= 0.6 is 0 Å². The van der Waals surface area contributed by atoms with Gasteiger partial charge in [-0.15, -0.1) is 4.91 Å². The van der Waals surface area contributed by atoms with Crippen molar-refractivity contribution in [1.82, 2.24) is 0 Å². The number of esters is 1. The van der Waals surface area contributed by atoms with Gasteiger partial charge in [0.15, 0.2) is 17.3 Å². The van der Waals surface area contributed by atoms with E-state index in [0.29, 0.717) is 46.9 Å². The van der Waals surface area contributed by atoms with Crippen LogP contribution in [0.5, 0.6) is 11.5 Å². The number of allylic oxidation sites excluding steroid dienone is 2. The lowest BCUT2D eigenvalue weighted by Crippen LogP contribution is -2.39. The van der Waals surface area contributed by atoms with Gasteiger partial charge in [0.2, 0.25) is 6.79 Å². The highest BCUT2D eigenvalue weighted by atomic mass is 16.7. The van der Waals surface area contributed by atoms with Crippen molar-refractivity contribution in [3.8, 4) is 11.5 Å². The number of ketones is 1. The van der Waals surface area contributed by atoms with E-state index in [2.05, 4.69) is 5.18 Å². The van der Waals surface area contributed by atoms with E-state index in [1.165, 1.54) is 0 Å². The summed E-state index contributed by atoms with van der Waals surface area (Å²) >= 11 is 0. The van der Waals surface area contributed by atoms with E-state index in [4.69, 9.17) is 19.2 Å². The van der Waals surface area contributed by atoms with Crippen LogP contribution in [0.4, 0.5) is 5.69 Å². The van der Waals surface area contributed by atoms with Crippen molar-refractivity contribution in [1.29, 1.82) is 0 Å². The Hall–Kier alpha value is -3.81. The van der Waals surface area contributed by atoms with Crippen LogP contribution in [0.15, 0.2) is 63.9 Å². The summed E-state index contributed by atoms with van der Waals surface area (Å²) < 4.78 is 16.9. The molecule has 1 fully saturated rings. The van der Waals surface area contributed by atoms with Gasteiger partial charge in [0.05, 0.1) is 0 Å². The van der Waals surface area contributed by atoms with E-state index in [1.54, 1.807) is 18.2 Å². The monoisotopic (exact) mass is 500 g/mol. The van der Waals surface area contributed by atoms with Crippen LogP contribution in [0.1, 0.15) is 68.4 Å². The maximum Gasteiger partial charge on any atom is 0.315 e. The molecular formula is C29H28N2O6. The topological polar surface area (TPSA) is 104 Å². The lowest BCUT2D eigenvalue weighted by atomic mass is 9.69. The quantitative estimate of drug-likeness (QED) is 0.375. The molecule has 2 aliphatic carbocycles. The Bertz CT molecular complexity index is 1340. The Morgan fingerprint density at radius 3 is 2.65 bits per heavy atom. The predicted octanol–water partition coefficient (Wildman–Crippen LogP) is 5.87. The average molecular weight is 501 g/mol. The van der Waals surface area contributed by atoms with E-state index >= 15 is 0 Å². The van der Waals surface area contributed by atoms with Gasteiger partial charge in [0.1, 0.15) is 17.7 Å². The Labute approximate surface area is 214 Å². The van der Waals surface area contributed by atoms with Gasteiger partial charge in [-0.1, -0.05) is 18.2 Å². The number of ether oxygens (including phenoxy) is 3. The number of carbonyl (C=O) groups is 2. The minimum Gasteiger partial charge on any atom is -0.462 e. The summed E-state index contributed by atoms with van der Waals surface area (Å²) in [5.74, 6) is -0.403. The third-order valence-corrected chi connectivity index (χ3v) is 7.93. The molecule has 8 heteroatoms. The molecule has 2 aromatic rings. The van der Waals surface area contributed by atoms with Crippen LogP contribution in [0.25, 0.3) is 0 Å². The number of hydrogen-bond donors (Lipinski definition) is 0. The lowest BCUT2D eigenvalue weighted by molar-refractivity contribution is -0.151. The Morgan fingerprint density at radius 2 is 1.84 bits per heavy atom. The van der Waals surface area contributed by atoms with Crippen LogP contribution in [0, 0.1) is 10.8 Å². The molecule has 37 heavy (non-hydrogen) atoms. The fraction of sp³-hybridized carbons (Fsp3) is 0.414. The zero-order valence-corrected chi connectivity index (χ0v) is 20.6. The number of hydrogen-bond acceptors (Lipinski definition) is 8. The summed E-state index contributed by atoms with van der Waals surface area (Å²) in [5, 5.41) is 3.08. The molecule has 3 unspecified atom stereocenters. The smallest absolute Gasteiger partial charge is 0.315 e. The van der Waals surface area contributed by atoms with Gasteiger partial charge in [-0.2, -0.15) is 0 Å². The van der Waals surface area contributed by atoms with E-state index in [-0.39, 0.29) is 36.3 Å². The molecule has 1 saturated carbocycles. The first-order valence-corrected chi connectivity index (χ1v) is 12.9. The molecule has 8 nitrogen and oxygen atoms in total. The largest absolute Gasteiger partial charge is 0.462 e. The fourth-order valence-electron chi connectivity index (χ4n) is 6.15. The Balaban J connectivity index is 1.38. The molecule has 2 heterocycles. The maximum atomic E-state index is 13.8. The molecular weight excluding hydrogens is 472 g/mol. The number of nitroso groups, excluding NO2 is 1. The number of aliphatic imine (C=N–C) groups is 1. The minimum atomic E-state index is -0.729. The molecule has 0 amide bonds. The van der Waals surface area contributed by atoms with Gasteiger partial charge in [0, 0.05) is 29.3 Å². The summed E-state index contributed by atoms with van der Waals surface area (Å²) in [5.41, 5.74) is 3.79. The molecule has 4 aliphatic rings. The number of Topliss-reactive ketones (excluding diaryl/α,β-unsaturated/α-hetero) is 1. The van der Waals surface area contributed by atoms with Crippen molar-refractivity contribution >= 4 is 23.2 Å². The number of benzene rings is 2. The third-order valence-electron chi connectivity index (χ3n) is 7.93. The van der Waals surface area contributed by atoms with E-state index in [1.807, 2.05) is 31.2 Å². The third kappa shape index (κ3) is 4.34. The molecule has 0 radical (unpaired) electrons. The first-order chi connectivity index (χ1) is 18.0. The highest BCUT2D eigenvalue weighted by Crippen LogP contribution is 2.48. The normalized spacial score (nSPS) is 25.1. The summed E-state index contributed by atoms with van der Waals surface area (Å²) in [7, 11) is 0. The van der Waals surface area contributed by atoms with Gasteiger partial charge < -0.3 is 14.2 Å². The van der Waals surface area contributed by atoms with Crippen LogP contribution in [-0.2, 0) is 14.3 Å². The Kier molecular flexibility index (Phi) is 6.10. The molecule has 3 atom stereocenters. The highest BCUT2D eigenvalue weighted by molar-refractivity contribution is 6.09. The molecule has 0 N–H and O–H groups in total. The fourth-order valence-corrected chi connectivity index (χ4v) is 6.15.